The van der Waals surface area contributed by atoms with Gasteiger partial charge in [0.05, 0.1) is 12.3 Å². The number of carbonyl (C=O) groups excluding carboxylic acids is 1. The Labute approximate surface area is 159 Å². The fourth-order valence-corrected chi connectivity index (χ4v) is 2.79. The van der Waals surface area contributed by atoms with Crippen molar-refractivity contribution in [1.82, 2.24) is 16.0 Å². The van der Waals surface area contributed by atoms with Gasteiger partial charge >= 0.3 is 0 Å². The highest BCUT2D eigenvalue weighted by Gasteiger charge is 2.12. The molecule has 0 aliphatic rings. The van der Waals surface area contributed by atoms with Crippen molar-refractivity contribution in [2.24, 2.45) is 4.99 Å². The summed E-state index contributed by atoms with van der Waals surface area (Å²) in [6.45, 7) is 5.09. The van der Waals surface area contributed by atoms with Crippen molar-refractivity contribution >= 4 is 23.5 Å². The topological polar surface area (TPSA) is 78.7 Å². The van der Waals surface area contributed by atoms with Gasteiger partial charge in [-0.3, -0.25) is 9.79 Å². The normalized spacial score (nSPS) is 12.5. The number of rotatable bonds is 7. The van der Waals surface area contributed by atoms with E-state index in [1.807, 2.05) is 38.1 Å². The van der Waals surface area contributed by atoms with E-state index < -0.39 is 0 Å². The van der Waals surface area contributed by atoms with Gasteiger partial charge < -0.3 is 20.4 Å². The van der Waals surface area contributed by atoms with E-state index in [2.05, 4.69) is 20.9 Å². The lowest BCUT2D eigenvalue weighted by molar-refractivity contribution is 0.0925. The van der Waals surface area contributed by atoms with Gasteiger partial charge in [-0.1, -0.05) is 29.8 Å². The van der Waals surface area contributed by atoms with Crippen LogP contribution in [0.5, 0.6) is 0 Å². The number of nitrogens with zero attached hydrogens (tertiary/aromatic N) is 1. The molecule has 2 rings (SSSR count). The van der Waals surface area contributed by atoms with Gasteiger partial charge in [0, 0.05) is 30.7 Å². The van der Waals surface area contributed by atoms with E-state index in [-0.39, 0.29) is 11.9 Å². The number of aliphatic imine (C=N–C) groups is 1. The minimum atomic E-state index is -0.192. The second-order valence-corrected chi connectivity index (χ2v) is 6.34. The molecule has 0 aliphatic carbocycles. The van der Waals surface area contributed by atoms with Crippen LogP contribution >= 0.6 is 11.6 Å². The molecule has 0 radical (unpaired) electrons. The number of nitrogens with one attached hydrogen (secondary N) is 3. The van der Waals surface area contributed by atoms with E-state index in [0.717, 1.165) is 22.6 Å². The summed E-state index contributed by atoms with van der Waals surface area (Å²) in [5, 5.41) is 10.1. The van der Waals surface area contributed by atoms with Crippen LogP contribution in [0.1, 0.15) is 41.1 Å². The average Bonchev–Trinajstić information content (AvgIpc) is 3.06. The van der Waals surface area contributed by atoms with E-state index in [1.165, 1.54) is 6.26 Å². The van der Waals surface area contributed by atoms with Gasteiger partial charge in [-0.15, -0.1) is 0 Å². The Morgan fingerprint density at radius 3 is 2.62 bits per heavy atom. The van der Waals surface area contributed by atoms with Gasteiger partial charge in [-0.2, -0.15) is 0 Å². The van der Waals surface area contributed by atoms with Gasteiger partial charge in [-0.05, 0) is 38.0 Å². The first kappa shape index (κ1) is 19.8. The predicted molar refractivity (Wildman–Crippen MR) is 105 cm³/mol. The Hall–Kier alpha value is -2.47. The van der Waals surface area contributed by atoms with Crippen LogP contribution in [0.4, 0.5) is 0 Å². The van der Waals surface area contributed by atoms with Crippen molar-refractivity contribution < 1.29 is 9.21 Å². The monoisotopic (exact) mass is 376 g/mol. The Morgan fingerprint density at radius 1 is 1.23 bits per heavy atom. The first-order chi connectivity index (χ1) is 12.5. The summed E-state index contributed by atoms with van der Waals surface area (Å²) < 4.78 is 5.17. The number of hydrogen-bond donors (Lipinski definition) is 3. The highest BCUT2D eigenvalue weighted by Crippen LogP contribution is 2.21. The third-order valence-corrected chi connectivity index (χ3v) is 4.29. The highest BCUT2D eigenvalue weighted by atomic mass is 35.5. The third-order valence-electron chi connectivity index (χ3n) is 3.95. The molecular formula is C19H25ClN4O2. The summed E-state index contributed by atoms with van der Waals surface area (Å²) in [5.74, 6) is 0.858. The second kappa shape index (κ2) is 9.87. The molecule has 1 amide bonds. The summed E-state index contributed by atoms with van der Waals surface area (Å²) in [7, 11) is 1.72. The van der Waals surface area contributed by atoms with Crippen molar-refractivity contribution in [3.05, 3.63) is 58.5 Å². The van der Waals surface area contributed by atoms with Crippen molar-refractivity contribution in [1.29, 1.82) is 0 Å². The first-order valence-corrected chi connectivity index (χ1v) is 8.94. The Morgan fingerprint density at radius 2 is 1.96 bits per heavy atom. The van der Waals surface area contributed by atoms with Gasteiger partial charge in [0.15, 0.2) is 11.7 Å². The van der Waals surface area contributed by atoms with Crippen LogP contribution in [0.2, 0.25) is 5.02 Å². The zero-order valence-corrected chi connectivity index (χ0v) is 16.1. The SMILES string of the molecule is CN=C(NCCCNC(=O)c1occc1C)NC(C)c1ccccc1Cl. The summed E-state index contributed by atoms with van der Waals surface area (Å²) in [6, 6.07) is 9.51. The maximum atomic E-state index is 11.9. The zero-order valence-electron chi connectivity index (χ0n) is 15.3. The van der Waals surface area contributed by atoms with E-state index in [1.54, 1.807) is 13.1 Å². The lowest BCUT2D eigenvalue weighted by Gasteiger charge is -2.19. The van der Waals surface area contributed by atoms with Crippen LogP contribution in [0.15, 0.2) is 46.0 Å². The van der Waals surface area contributed by atoms with Crippen LogP contribution in [0.3, 0.4) is 0 Å². The Bertz CT molecular complexity index is 758. The van der Waals surface area contributed by atoms with E-state index in [9.17, 15) is 4.79 Å². The molecular weight excluding hydrogens is 352 g/mol. The second-order valence-electron chi connectivity index (χ2n) is 5.93. The van der Waals surface area contributed by atoms with Gasteiger partial charge in [0.25, 0.3) is 5.91 Å². The summed E-state index contributed by atoms with van der Waals surface area (Å²) in [5.41, 5.74) is 1.84. The van der Waals surface area contributed by atoms with Crippen molar-refractivity contribution in [3.63, 3.8) is 0 Å². The fourth-order valence-electron chi connectivity index (χ4n) is 2.49. The molecule has 140 valence electrons. The van der Waals surface area contributed by atoms with Crippen LogP contribution < -0.4 is 16.0 Å². The van der Waals surface area contributed by atoms with Crippen molar-refractivity contribution in [3.8, 4) is 0 Å². The molecule has 6 nitrogen and oxygen atoms in total. The molecule has 0 fully saturated rings. The minimum absolute atomic E-state index is 0.0246. The number of halogens is 1. The lowest BCUT2D eigenvalue weighted by atomic mass is 10.1. The zero-order chi connectivity index (χ0) is 18.9. The predicted octanol–water partition coefficient (Wildman–Crippen LogP) is 3.29. The van der Waals surface area contributed by atoms with E-state index in [4.69, 9.17) is 16.0 Å². The van der Waals surface area contributed by atoms with Crippen LogP contribution in [0, 0.1) is 6.92 Å². The number of furan rings is 1. The molecule has 0 aliphatic heterocycles. The summed E-state index contributed by atoms with van der Waals surface area (Å²) in [6.07, 6.45) is 2.27. The number of benzene rings is 1. The highest BCUT2D eigenvalue weighted by molar-refractivity contribution is 6.31. The Kier molecular flexibility index (Phi) is 7.53. The largest absolute Gasteiger partial charge is 0.459 e. The molecule has 1 heterocycles. The van der Waals surface area contributed by atoms with Crippen LogP contribution in [-0.4, -0.2) is 32.0 Å². The molecule has 1 atom stereocenters. The maximum absolute atomic E-state index is 11.9. The third kappa shape index (κ3) is 5.52. The molecule has 2 aromatic rings. The average molecular weight is 377 g/mol. The molecule has 26 heavy (non-hydrogen) atoms. The van der Waals surface area contributed by atoms with Crippen LogP contribution in [-0.2, 0) is 0 Å². The molecule has 1 unspecified atom stereocenters. The van der Waals surface area contributed by atoms with E-state index in [0.29, 0.717) is 24.8 Å². The quantitative estimate of drug-likeness (QED) is 0.393. The van der Waals surface area contributed by atoms with Crippen molar-refractivity contribution in [2.45, 2.75) is 26.3 Å². The summed E-state index contributed by atoms with van der Waals surface area (Å²) >= 11 is 6.23. The van der Waals surface area contributed by atoms with Gasteiger partial charge in [0.1, 0.15) is 0 Å². The Balaban J connectivity index is 1.71. The van der Waals surface area contributed by atoms with Gasteiger partial charge in [0.2, 0.25) is 0 Å². The molecule has 1 aromatic carbocycles. The molecule has 0 bridgehead atoms. The molecule has 7 heteroatoms. The molecule has 1 aromatic heterocycles. The number of carbonyl (C=O) groups is 1. The molecule has 0 spiro atoms. The lowest BCUT2D eigenvalue weighted by Crippen LogP contribution is -2.40. The van der Waals surface area contributed by atoms with Crippen LogP contribution in [0.25, 0.3) is 0 Å². The maximum Gasteiger partial charge on any atom is 0.287 e. The van der Waals surface area contributed by atoms with Crippen molar-refractivity contribution in [2.75, 3.05) is 20.1 Å². The fraction of sp³-hybridized carbons (Fsp3) is 0.368. The smallest absolute Gasteiger partial charge is 0.287 e. The molecule has 0 saturated carbocycles. The minimum Gasteiger partial charge on any atom is -0.459 e. The van der Waals surface area contributed by atoms with Gasteiger partial charge in [-0.25, -0.2) is 0 Å². The number of amides is 1. The number of aryl methyl sites for hydroxylation is 1. The first-order valence-electron chi connectivity index (χ1n) is 8.56. The standard InChI is InChI=1S/C19H25ClN4O2/c1-13-9-12-26-17(13)18(25)22-10-6-11-23-19(21-3)24-14(2)15-7-4-5-8-16(15)20/h4-5,7-9,12,14H,6,10-11H2,1-3H3,(H,22,25)(H2,21,23,24). The number of guanidine groups is 1. The van der Waals surface area contributed by atoms with E-state index >= 15 is 0 Å². The molecule has 0 saturated heterocycles. The summed E-state index contributed by atoms with van der Waals surface area (Å²) in [4.78, 5) is 16.2. The molecule has 3 N–H and O–H groups in total. The number of hydrogen-bond acceptors (Lipinski definition) is 3.